The molecule has 2 aromatic heterocycles. The summed E-state index contributed by atoms with van der Waals surface area (Å²) in [7, 11) is 0. The van der Waals surface area contributed by atoms with Crippen molar-refractivity contribution in [2.45, 2.75) is 51.7 Å². The van der Waals surface area contributed by atoms with Gasteiger partial charge in [-0.05, 0) is 38.8 Å². The van der Waals surface area contributed by atoms with E-state index in [1.807, 2.05) is 0 Å². The number of aromatic hydroxyl groups is 1. The molecule has 2 N–H and O–H groups in total. The van der Waals surface area contributed by atoms with Gasteiger partial charge >= 0.3 is 0 Å². The van der Waals surface area contributed by atoms with Crippen LogP contribution in [0.5, 0.6) is 5.75 Å². The average molecular weight is 343 g/mol. The molecule has 3 heterocycles. The van der Waals surface area contributed by atoms with Crippen molar-refractivity contribution in [3.8, 4) is 5.75 Å². The highest BCUT2D eigenvalue weighted by atomic mass is 32.1. The third kappa shape index (κ3) is 2.50. The van der Waals surface area contributed by atoms with Crippen LogP contribution in [0.2, 0.25) is 0 Å². The molecule has 2 atom stereocenters. The van der Waals surface area contributed by atoms with Crippen LogP contribution in [0.1, 0.15) is 38.1 Å². The number of hydrogen-bond acceptors (Lipinski definition) is 5. The van der Waals surface area contributed by atoms with Gasteiger partial charge in [0.25, 0.3) is 5.56 Å². The Morgan fingerprint density at radius 3 is 2.83 bits per heavy atom. The van der Waals surface area contributed by atoms with E-state index in [9.17, 15) is 9.90 Å². The lowest BCUT2D eigenvalue weighted by molar-refractivity contribution is 0.0952. The number of pyridine rings is 1. The Morgan fingerprint density at radius 2 is 2.08 bits per heavy atom. The van der Waals surface area contributed by atoms with Crippen molar-refractivity contribution in [2.24, 2.45) is 0 Å². The van der Waals surface area contributed by atoms with Crippen molar-refractivity contribution < 1.29 is 5.11 Å². The zero-order valence-electron chi connectivity index (χ0n) is 13.9. The molecule has 1 aliphatic rings. The molecule has 1 aliphatic heterocycles. The van der Waals surface area contributed by atoms with Gasteiger partial charge in [0, 0.05) is 12.1 Å². The smallest absolute Gasteiger partial charge is 0.257 e. The van der Waals surface area contributed by atoms with Crippen molar-refractivity contribution in [1.82, 2.24) is 14.9 Å². The number of piperidine rings is 1. The van der Waals surface area contributed by atoms with Crippen molar-refractivity contribution in [3.05, 3.63) is 33.6 Å². The van der Waals surface area contributed by atoms with Crippen molar-refractivity contribution >= 4 is 32.5 Å². The van der Waals surface area contributed by atoms with E-state index in [4.69, 9.17) is 4.98 Å². The number of thiazole rings is 1. The minimum Gasteiger partial charge on any atom is -0.507 e. The number of H-pyrrole nitrogens is 1. The van der Waals surface area contributed by atoms with Crippen molar-refractivity contribution in [2.75, 3.05) is 0 Å². The Bertz CT molecular complexity index is 952. The summed E-state index contributed by atoms with van der Waals surface area (Å²) in [4.78, 5) is 23.1. The number of benzene rings is 1. The third-order valence-electron chi connectivity index (χ3n) is 5.12. The highest BCUT2D eigenvalue weighted by Gasteiger charge is 2.26. The van der Waals surface area contributed by atoms with Gasteiger partial charge in [0.15, 0.2) is 0 Å². The summed E-state index contributed by atoms with van der Waals surface area (Å²) in [6.45, 7) is 5.33. The molecule has 4 rings (SSSR count). The van der Waals surface area contributed by atoms with E-state index in [1.54, 1.807) is 18.2 Å². The predicted molar refractivity (Wildman–Crippen MR) is 97.7 cm³/mol. The number of likely N-dealkylation sites (tertiary alicyclic amines) is 1. The molecule has 0 spiro atoms. The first-order valence-corrected chi connectivity index (χ1v) is 9.25. The summed E-state index contributed by atoms with van der Waals surface area (Å²) < 4.78 is 0. The van der Waals surface area contributed by atoms with Crippen LogP contribution in [-0.4, -0.2) is 32.1 Å². The summed E-state index contributed by atoms with van der Waals surface area (Å²) in [5.41, 5.74) is 0.517. The summed E-state index contributed by atoms with van der Waals surface area (Å²) >= 11 is 1.51. The van der Waals surface area contributed by atoms with Crippen LogP contribution in [0.3, 0.4) is 0 Å². The zero-order valence-corrected chi connectivity index (χ0v) is 14.7. The van der Waals surface area contributed by atoms with Crippen LogP contribution in [0, 0.1) is 0 Å². The SMILES string of the molecule is C[C@@H]1CCC[C@H](C)N1Cc1nc2c([nH]c(=O)c3cccc(O)c32)s1. The van der Waals surface area contributed by atoms with Crippen LogP contribution >= 0.6 is 11.3 Å². The molecule has 1 saturated heterocycles. The van der Waals surface area contributed by atoms with Gasteiger partial charge in [0.2, 0.25) is 0 Å². The Kier molecular flexibility index (Phi) is 3.81. The van der Waals surface area contributed by atoms with Crippen LogP contribution in [-0.2, 0) is 6.54 Å². The number of nitrogens with one attached hydrogen (secondary N) is 1. The first kappa shape index (κ1) is 15.6. The van der Waals surface area contributed by atoms with Crippen LogP contribution < -0.4 is 5.56 Å². The molecule has 0 saturated carbocycles. The van der Waals surface area contributed by atoms with Crippen LogP contribution in [0.15, 0.2) is 23.0 Å². The Labute approximate surface area is 144 Å². The highest BCUT2D eigenvalue weighted by molar-refractivity contribution is 7.18. The Balaban J connectivity index is 1.81. The predicted octanol–water partition coefficient (Wildman–Crippen LogP) is 3.61. The van der Waals surface area contributed by atoms with Gasteiger partial charge in [-0.15, -0.1) is 0 Å². The van der Waals surface area contributed by atoms with E-state index in [0.717, 1.165) is 16.4 Å². The van der Waals surface area contributed by atoms with E-state index < -0.39 is 0 Å². The second-order valence-corrected chi connectivity index (χ2v) is 7.82. The van der Waals surface area contributed by atoms with Gasteiger partial charge < -0.3 is 10.1 Å². The largest absolute Gasteiger partial charge is 0.507 e. The lowest BCUT2D eigenvalue weighted by Gasteiger charge is -2.38. The Hall–Kier alpha value is -1.92. The third-order valence-corrected chi connectivity index (χ3v) is 6.07. The van der Waals surface area contributed by atoms with Crippen LogP contribution in [0.4, 0.5) is 0 Å². The first-order chi connectivity index (χ1) is 11.5. The number of nitrogens with zero attached hydrogens (tertiary/aromatic N) is 2. The maximum Gasteiger partial charge on any atom is 0.257 e. The number of aromatic amines is 1. The number of phenols is 1. The molecule has 0 unspecified atom stereocenters. The molecule has 6 heteroatoms. The monoisotopic (exact) mass is 343 g/mol. The van der Waals surface area contributed by atoms with E-state index in [-0.39, 0.29) is 11.3 Å². The summed E-state index contributed by atoms with van der Waals surface area (Å²) in [6, 6.07) is 6.11. The molecular weight excluding hydrogens is 322 g/mol. The lowest BCUT2D eigenvalue weighted by Crippen LogP contribution is -2.42. The number of aromatic nitrogens is 2. The molecular formula is C18H21N3O2S. The normalized spacial score (nSPS) is 22.4. The van der Waals surface area contributed by atoms with Gasteiger partial charge in [0.05, 0.1) is 17.3 Å². The molecule has 0 aliphatic carbocycles. The van der Waals surface area contributed by atoms with E-state index in [2.05, 4.69) is 23.7 Å². The second kappa shape index (κ2) is 5.86. The van der Waals surface area contributed by atoms with E-state index in [0.29, 0.717) is 28.4 Å². The minimum atomic E-state index is -0.177. The van der Waals surface area contributed by atoms with Crippen molar-refractivity contribution in [1.29, 1.82) is 0 Å². The molecule has 5 nitrogen and oxygen atoms in total. The number of phenolic OH excluding ortho intramolecular Hbond substituents is 1. The minimum absolute atomic E-state index is 0.111. The van der Waals surface area contributed by atoms with Gasteiger partial charge in [-0.2, -0.15) is 0 Å². The lowest BCUT2D eigenvalue weighted by atomic mass is 9.98. The standard InChI is InChI=1S/C18H21N3O2S/c1-10-5-3-6-11(2)21(10)9-14-19-16-15-12(7-4-8-13(15)22)17(23)20-18(16)24-14/h4,7-8,10-11,22H,3,5-6,9H2,1-2H3,(H,20,23)/t10-,11+. The summed E-state index contributed by atoms with van der Waals surface area (Å²) in [6.07, 6.45) is 3.72. The van der Waals surface area contributed by atoms with E-state index >= 15 is 0 Å². The number of fused-ring (bicyclic) bond motifs is 3. The van der Waals surface area contributed by atoms with Gasteiger partial charge in [-0.1, -0.05) is 23.8 Å². The summed E-state index contributed by atoms with van der Waals surface area (Å²) in [5.74, 6) is 0.111. The average Bonchev–Trinajstić information content (AvgIpc) is 2.94. The van der Waals surface area contributed by atoms with Gasteiger partial charge in [-0.25, -0.2) is 4.98 Å². The van der Waals surface area contributed by atoms with E-state index in [1.165, 1.54) is 30.6 Å². The molecule has 0 bridgehead atoms. The summed E-state index contributed by atoms with van der Waals surface area (Å²) in [5, 5.41) is 12.2. The zero-order chi connectivity index (χ0) is 16.8. The highest BCUT2D eigenvalue weighted by Crippen LogP contribution is 2.33. The van der Waals surface area contributed by atoms with Crippen LogP contribution in [0.25, 0.3) is 21.1 Å². The second-order valence-electron chi connectivity index (χ2n) is 6.74. The number of rotatable bonds is 2. The fraction of sp³-hybridized carbons (Fsp3) is 0.444. The molecule has 0 radical (unpaired) electrons. The molecule has 126 valence electrons. The fourth-order valence-electron chi connectivity index (χ4n) is 3.78. The topological polar surface area (TPSA) is 69.2 Å². The van der Waals surface area contributed by atoms with Gasteiger partial charge in [0.1, 0.15) is 21.1 Å². The van der Waals surface area contributed by atoms with Crippen molar-refractivity contribution in [3.63, 3.8) is 0 Å². The number of hydrogen-bond donors (Lipinski definition) is 2. The molecule has 1 aromatic carbocycles. The quantitative estimate of drug-likeness (QED) is 0.746. The maximum absolute atomic E-state index is 12.3. The molecule has 24 heavy (non-hydrogen) atoms. The first-order valence-electron chi connectivity index (χ1n) is 8.43. The molecule has 3 aromatic rings. The van der Waals surface area contributed by atoms with Gasteiger partial charge in [-0.3, -0.25) is 9.69 Å². The molecule has 1 fully saturated rings. The maximum atomic E-state index is 12.3. The molecule has 0 amide bonds. The Morgan fingerprint density at radius 1 is 1.33 bits per heavy atom. The fourth-order valence-corrected chi connectivity index (χ4v) is 4.75.